The van der Waals surface area contributed by atoms with Crippen LogP contribution in [0.3, 0.4) is 0 Å². The van der Waals surface area contributed by atoms with Crippen molar-refractivity contribution in [2.75, 3.05) is 23.3 Å². The third-order valence-corrected chi connectivity index (χ3v) is 6.40. The van der Waals surface area contributed by atoms with Crippen molar-refractivity contribution < 1.29 is 9.47 Å². The fourth-order valence-electron chi connectivity index (χ4n) is 4.60. The lowest BCUT2D eigenvalue weighted by atomic mass is 10.0. The topological polar surface area (TPSA) is 24.9 Å². The Hall–Kier alpha value is -3.92. The van der Waals surface area contributed by atoms with E-state index in [2.05, 4.69) is 82.6 Å². The average Bonchev–Trinajstić information content (AvgIpc) is 2.89. The Labute approximate surface area is 194 Å². The van der Waals surface area contributed by atoms with Crippen LogP contribution in [0.2, 0.25) is 0 Å². The SMILES string of the molecule is c1cc(Cc2ccc(N3COc4ccccc4C3)cc2)cc(N2COc3ccccc3C2)c1. The van der Waals surface area contributed by atoms with Crippen LogP contribution in [-0.2, 0) is 19.5 Å². The van der Waals surface area contributed by atoms with Gasteiger partial charge < -0.3 is 19.3 Å². The van der Waals surface area contributed by atoms with Crippen molar-refractivity contribution in [2.45, 2.75) is 19.5 Å². The smallest absolute Gasteiger partial charge is 0.161 e. The molecule has 6 rings (SSSR count). The number of hydrogen-bond donors (Lipinski definition) is 0. The zero-order valence-electron chi connectivity index (χ0n) is 18.5. The highest BCUT2D eigenvalue weighted by atomic mass is 16.5. The fourth-order valence-corrected chi connectivity index (χ4v) is 4.60. The molecule has 4 nitrogen and oxygen atoms in total. The van der Waals surface area contributed by atoms with Crippen molar-refractivity contribution in [1.29, 1.82) is 0 Å². The predicted molar refractivity (Wildman–Crippen MR) is 132 cm³/mol. The normalized spacial score (nSPS) is 14.7. The zero-order chi connectivity index (χ0) is 22.0. The van der Waals surface area contributed by atoms with Gasteiger partial charge in [-0.2, -0.15) is 0 Å². The molecule has 0 saturated heterocycles. The first-order chi connectivity index (χ1) is 16.3. The molecule has 164 valence electrons. The molecule has 0 bridgehead atoms. The van der Waals surface area contributed by atoms with Crippen LogP contribution in [0.1, 0.15) is 22.3 Å². The van der Waals surface area contributed by atoms with Crippen LogP contribution < -0.4 is 19.3 Å². The molecule has 0 saturated carbocycles. The van der Waals surface area contributed by atoms with Gasteiger partial charge in [0.15, 0.2) is 13.5 Å². The molecule has 4 aromatic carbocycles. The fraction of sp³-hybridized carbons (Fsp3) is 0.172. The first kappa shape index (κ1) is 19.7. The molecule has 0 spiro atoms. The van der Waals surface area contributed by atoms with Gasteiger partial charge in [0.25, 0.3) is 0 Å². The molecule has 33 heavy (non-hydrogen) atoms. The largest absolute Gasteiger partial charge is 0.473 e. The highest BCUT2D eigenvalue weighted by Crippen LogP contribution is 2.30. The van der Waals surface area contributed by atoms with Gasteiger partial charge in [-0.3, -0.25) is 0 Å². The van der Waals surface area contributed by atoms with Crippen LogP contribution >= 0.6 is 0 Å². The number of hydrogen-bond acceptors (Lipinski definition) is 4. The molecular formula is C29H26N2O2. The Balaban J connectivity index is 1.14. The quantitative estimate of drug-likeness (QED) is 0.394. The third-order valence-electron chi connectivity index (χ3n) is 6.40. The van der Waals surface area contributed by atoms with Crippen LogP contribution in [-0.4, -0.2) is 13.5 Å². The van der Waals surface area contributed by atoms with E-state index in [4.69, 9.17) is 9.47 Å². The Bertz CT molecular complexity index is 1270. The van der Waals surface area contributed by atoms with Gasteiger partial charge in [-0.25, -0.2) is 0 Å². The lowest BCUT2D eigenvalue weighted by Gasteiger charge is -2.31. The molecule has 0 aliphatic carbocycles. The van der Waals surface area contributed by atoms with E-state index in [1.54, 1.807) is 0 Å². The molecule has 0 unspecified atom stereocenters. The maximum absolute atomic E-state index is 5.95. The van der Waals surface area contributed by atoms with E-state index in [0.717, 1.165) is 31.0 Å². The summed E-state index contributed by atoms with van der Waals surface area (Å²) in [6.07, 6.45) is 0.902. The van der Waals surface area contributed by atoms with Crippen molar-refractivity contribution in [3.8, 4) is 11.5 Å². The number of anilines is 2. The minimum absolute atomic E-state index is 0.580. The second kappa shape index (κ2) is 8.55. The highest BCUT2D eigenvalue weighted by molar-refractivity contribution is 5.54. The Morgan fingerprint density at radius 2 is 1.15 bits per heavy atom. The van der Waals surface area contributed by atoms with Gasteiger partial charge >= 0.3 is 0 Å². The number of benzene rings is 4. The van der Waals surface area contributed by atoms with Crippen LogP contribution in [0.15, 0.2) is 97.1 Å². The molecule has 0 fully saturated rings. The van der Waals surface area contributed by atoms with Crippen molar-refractivity contribution in [2.24, 2.45) is 0 Å². The van der Waals surface area contributed by atoms with Gasteiger partial charge in [0.05, 0.1) is 0 Å². The summed E-state index contributed by atoms with van der Waals surface area (Å²) in [5.41, 5.74) is 7.45. The number of rotatable bonds is 4. The lowest BCUT2D eigenvalue weighted by Crippen LogP contribution is -2.31. The number of ether oxygens (including phenoxy) is 2. The molecule has 0 amide bonds. The Kier molecular flexibility index (Phi) is 5.11. The summed E-state index contributed by atoms with van der Waals surface area (Å²) in [6, 6.07) is 34.2. The maximum atomic E-state index is 5.95. The molecule has 0 aromatic heterocycles. The summed E-state index contributed by atoms with van der Waals surface area (Å²) in [7, 11) is 0. The molecule has 0 radical (unpaired) electrons. The van der Waals surface area contributed by atoms with Crippen LogP contribution in [0.4, 0.5) is 11.4 Å². The average molecular weight is 435 g/mol. The molecule has 0 atom stereocenters. The lowest BCUT2D eigenvalue weighted by molar-refractivity contribution is 0.289. The summed E-state index contributed by atoms with van der Waals surface area (Å²) in [5.74, 6) is 1.99. The van der Waals surface area contributed by atoms with E-state index in [9.17, 15) is 0 Å². The minimum atomic E-state index is 0.580. The first-order valence-electron chi connectivity index (χ1n) is 11.4. The highest BCUT2D eigenvalue weighted by Gasteiger charge is 2.18. The summed E-state index contributed by atoms with van der Waals surface area (Å²) >= 11 is 0. The molecular weight excluding hydrogens is 408 g/mol. The van der Waals surface area contributed by atoms with Gasteiger partial charge in [-0.1, -0.05) is 60.7 Å². The summed E-state index contributed by atoms with van der Waals surface area (Å²) in [6.45, 7) is 2.91. The van der Waals surface area contributed by atoms with E-state index in [0.29, 0.717) is 13.5 Å². The number of nitrogens with zero attached hydrogens (tertiary/aromatic N) is 2. The monoisotopic (exact) mass is 434 g/mol. The van der Waals surface area contributed by atoms with Crippen molar-refractivity contribution in [3.05, 3.63) is 119 Å². The van der Waals surface area contributed by atoms with Crippen molar-refractivity contribution >= 4 is 11.4 Å². The number of fused-ring (bicyclic) bond motifs is 2. The zero-order valence-corrected chi connectivity index (χ0v) is 18.5. The third kappa shape index (κ3) is 4.12. The van der Waals surface area contributed by atoms with E-state index in [-0.39, 0.29) is 0 Å². The molecule has 2 aliphatic rings. The second-order valence-electron chi connectivity index (χ2n) is 8.67. The van der Waals surface area contributed by atoms with Crippen molar-refractivity contribution in [3.63, 3.8) is 0 Å². The summed E-state index contributed by atoms with van der Waals surface area (Å²) in [4.78, 5) is 4.55. The van der Waals surface area contributed by atoms with Crippen molar-refractivity contribution in [1.82, 2.24) is 0 Å². The molecule has 2 heterocycles. The van der Waals surface area contributed by atoms with Crippen LogP contribution in [0.5, 0.6) is 11.5 Å². The molecule has 0 N–H and O–H groups in total. The standard InChI is InChI=1S/C29H26N2O2/c1-3-10-28-24(7-1)18-30(20-32-28)26-14-12-22(13-15-26)16-23-6-5-9-27(17-23)31-19-25-8-2-4-11-29(25)33-21-31/h1-15,17H,16,18-21H2. The van der Waals surface area contributed by atoms with Crippen LogP contribution in [0, 0.1) is 0 Å². The van der Waals surface area contributed by atoms with Gasteiger partial charge in [0, 0.05) is 35.6 Å². The Morgan fingerprint density at radius 1 is 0.545 bits per heavy atom. The molecule has 4 aromatic rings. The first-order valence-corrected chi connectivity index (χ1v) is 11.4. The second-order valence-corrected chi connectivity index (χ2v) is 8.67. The molecule has 4 heteroatoms. The maximum Gasteiger partial charge on any atom is 0.161 e. The minimum Gasteiger partial charge on any atom is -0.473 e. The summed E-state index contributed by atoms with van der Waals surface area (Å²) in [5, 5.41) is 0. The van der Waals surface area contributed by atoms with Gasteiger partial charge in [0.2, 0.25) is 0 Å². The summed E-state index contributed by atoms with van der Waals surface area (Å²) < 4.78 is 11.9. The van der Waals surface area contributed by atoms with E-state index in [1.807, 2.05) is 24.3 Å². The number of para-hydroxylation sites is 2. The Morgan fingerprint density at radius 3 is 1.82 bits per heavy atom. The van der Waals surface area contributed by atoms with E-state index >= 15 is 0 Å². The van der Waals surface area contributed by atoms with Crippen LogP contribution in [0.25, 0.3) is 0 Å². The van der Waals surface area contributed by atoms with Gasteiger partial charge in [0.1, 0.15) is 11.5 Å². The van der Waals surface area contributed by atoms with E-state index < -0.39 is 0 Å². The molecule has 2 aliphatic heterocycles. The predicted octanol–water partition coefficient (Wildman–Crippen LogP) is 5.99. The van der Waals surface area contributed by atoms with Gasteiger partial charge in [-0.15, -0.1) is 0 Å². The van der Waals surface area contributed by atoms with Gasteiger partial charge in [-0.05, 0) is 53.9 Å². The van der Waals surface area contributed by atoms with E-state index in [1.165, 1.54) is 33.6 Å².